The van der Waals surface area contributed by atoms with Crippen LogP contribution in [0.1, 0.15) is 25.0 Å². The quantitative estimate of drug-likeness (QED) is 0.159. The molecule has 1 aliphatic carbocycles. The molecule has 330 valence electrons. The van der Waals surface area contributed by atoms with Crippen LogP contribution in [0, 0.1) is 0 Å². The molecule has 0 radical (unpaired) electrons. The number of hydrogen-bond donors (Lipinski definition) is 0. The molecule has 0 spiro atoms. The molecule has 0 saturated carbocycles. The van der Waals surface area contributed by atoms with E-state index in [9.17, 15) is 0 Å². The van der Waals surface area contributed by atoms with Gasteiger partial charge in [-0.25, -0.2) is 4.98 Å². The van der Waals surface area contributed by atoms with Crippen molar-refractivity contribution in [1.29, 1.82) is 0 Å². The zero-order valence-corrected chi connectivity index (χ0v) is 39.6. The van der Waals surface area contributed by atoms with Crippen molar-refractivity contribution in [3.8, 4) is 50.3 Å². The minimum atomic E-state index is -0.165. The number of aromatic nitrogens is 2. The lowest BCUT2D eigenvalue weighted by Crippen LogP contribution is -2.16. The Labute approximate surface area is 410 Å². The number of para-hydroxylation sites is 2. The molecule has 0 aliphatic heterocycles. The van der Waals surface area contributed by atoms with Crippen molar-refractivity contribution in [2.75, 3.05) is 4.90 Å². The highest BCUT2D eigenvalue weighted by Crippen LogP contribution is 2.52. The molecule has 0 fully saturated rings. The summed E-state index contributed by atoms with van der Waals surface area (Å²) >= 11 is 1.88. The van der Waals surface area contributed by atoms with Gasteiger partial charge in [0, 0.05) is 69.9 Å². The predicted molar refractivity (Wildman–Crippen MR) is 298 cm³/mol. The van der Waals surface area contributed by atoms with Gasteiger partial charge in [0.05, 0.1) is 27.9 Å². The third-order valence-corrected chi connectivity index (χ3v) is 16.0. The van der Waals surface area contributed by atoms with Gasteiger partial charge in [-0.1, -0.05) is 178 Å². The van der Waals surface area contributed by atoms with Crippen LogP contribution in [0.4, 0.5) is 17.1 Å². The summed E-state index contributed by atoms with van der Waals surface area (Å²) in [6.45, 7) is 4.74. The lowest BCUT2D eigenvalue weighted by Gasteiger charge is -2.29. The lowest BCUT2D eigenvalue weighted by molar-refractivity contribution is 0.660. The summed E-state index contributed by atoms with van der Waals surface area (Å²) in [5, 5.41) is 6.10. The number of anilines is 3. The Bertz CT molecular complexity index is 4200. The molecule has 3 nitrogen and oxygen atoms in total. The van der Waals surface area contributed by atoms with E-state index in [1.54, 1.807) is 0 Å². The summed E-state index contributed by atoms with van der Waals surface area (Å²) in [7, 11) is 0. The Morgan fingerprint density at radius 3 is 1.99 bits per heavy atom. The number of hydrogen-bond acceptors (Lipinski definition) is 3. The second kappa shape index (κ2) is 15.7. The summed E-state index contributed by atoms with van der Waals surface area (Å²) in [6, 6.07) is 86.8. The monoisotopic (exact) mass is 911 g/mol. The molecule has 70 heavy (non-hydrogen) atoms. The lowest BCUT2D eigenvalue weighted by atomic mass is 9.82. The molecule has 0 N–H and O–H groups in total. The minimum absolute atomic E-state index is 0.165. The zero-order valence-electron chi connectivity index (χ0n) is 38.8. The molecule has 14 rings (SSSR count). The number of fused-ring (bicyclic) bond motifs is 10. The minimum Gasteiger partial charge on any atom is -0.310 e. The summed E-state index contributed by atoms with van der Waals surface area (Å²) < 4.78 is 5.08. The van der Waals surface area contributed by atoms with Crippen molar-refractivity contribution in [1.82, 2.24) is 9.55 Å². The van der Waals surface area contributed by atoms with E-state index in [0.29, 0.717) is 0 Å². The van der Waals surface area contributed by atoms with Crippen LogP contribution < -0.4 is 4.90 Å². The second-order valence-electron chi connectivity index (χ2n) is 19.1. The van der Waals surface area contributed by atoms with E-state index in [-0.39, 0.29) is 5.41 Å². The Hall–Kier alpha value is -8.57. The first-order valence-electron chi connectivity index (χ1n) is 24.1. The summed E-state index contributed by atoms with van der Waals surface area (Å²) in [5.41, 5.74) is 19.6. The number of nitrogens with zero attached hydrogens (tertiary/aromatic N) is 3. The topological polar surface area (TPSA) is 21.1 Å². The van der Waals surface area contributed by atoms with Gasteiger partial charge in [-0.2, -0.15) is 0 Å². The molecule has 0 amide bonds. The largest absolute Gasteiger partial charge is 0.310 e. The van der Waals surface area contributed by atoms with Crippen molar-refractivity contribution in [3.05, 3.63) is 248 Å². The predicted octanol–water partition coefficient (Wildman–Crippen LogP) is 18.5. The van der Waals surface area contributed by atoms with Crippen molar-refractivity contribution in [2.24, 2.45) is 0 Å². The molecular weight excluding hydrogens is 867 g/mol. The Morgan fingerprint density at radius 1 is 0.443 bits per heavy atom. The van der Waals surface area contributed by atoms with Gasteiger partial charge in [0.2, 0.25) is 0 Å². The van der Waals surface area contributed by atoms with E-state index in [1.165, 1.54) is 64.3 Å². The number of benzene rings is 10. The number of rotatable bonds is 7. The van der Waals surface area contributed by atoms with Gasteiger partial charge in [-0.3, -0.25) is 0 Å². The molecule has 0 bridgehead atoms. The van der Waals surface area contributed by atoms with E-state index >= 15 is 0 Å². The SMILES string of the molecule is CC1(C)c2ccccc2-c2ccc(N(c3ccc(-c4cccc5c4sc4ccccc45)cc3)c3cccc4c3c3ccc(-c5nc6ccccc6cc5-c5ccccc5)cc3n4-c3ccccc3)cc21. The van der Waals surface area contributed by atoms with E-state index in [0.717, 1.165) is 67.1 Å². The molecule has 13 aromatic rings. The maximum atomic E-state index is 5.40. The second-order valence-corrected chi connectivity index (χ2v) is 20.1. The fourth-order valence-corrected chi connectivity index (χ4v) is 12.7. The number of pyridine rings is 1. The van der Waals surface area contributed by atoms with Crippen LogP contribution in [-0.4, -0.2) is 9.55 Å². The molecule has 0 unspecified atom stereocenters. The van der Waals surface area contributed by atoms with Crippen LogP contribution in [0.5, 0.6) is 0 Å². The van der Waals surface area contributed by atoms with Gasteiger partial charge >= 0.3 is 0 Å². The van der Waals surface area contributed by atoms with Crippen LogP contribution in [0.15, 0.2) is 237 Å². The van der Waals surface area contributed by atoms with E-state index in [1.807, 2.05) is 11.3 Å². The molecule has 3 aromatic heterocycles. The standard InChI is InChI=1S/C66H45N3S/c1-66(2)56-26-12-10-22-50(56)51-38-36-48(41-57(51)66)68(47-34-31-43(32-35-47)49-24-15-25-53-52-23-11-14-30-62(52)70-65(49)53)59-28-16-29-60-63(59)54-37-33-45(40-61(54)69(60)46-20-7-4-8-21-46)64-55(42-17-5-3-6-18-42)39-44-19-9-13-27-58(44)67-64/h3-41H,1-2H3. The van der Waals surface area contributed by atoms with Gasteiger partial charge in [-0.15, -0.1) is 11.3 Å². The van der Waals surface area contributed by atoms with Crippen LogP contribution >= 0.6 is 11.3 Å². The molecule has 1 aliphatic rings. The first kappa shape index (κ1) is 40.5. The van der Waals surface area contributed by atoms with Crippen LogP contribution in [0.25, 0.3) is 103 Å². The molecule has 10 aromatic carbocycles. The Morgan fingerprint density at radius 2 is 1.11 bits per heavy atom. The third kappa shape index (κ3) is 6.23. The molecule has 4 heteroatoms. The van der Waals surface area contributed by atoms with E-state index < -0.39 is 0 Å². The summed E-state index contributed by atoms with van der Waals surface area (Å²) in [6.07, 6.45) is 0. The van der Waals surface area contributed by atoms with Crippen LogP contribution in [0.3, 0.4) is 0 Å². The van der Waals surface area contributed by atoms with Gasteiger partial charge in [0.25, 0.3) is 0 Å². The van der Waals surface area contributed by atoms with Gasteiger partial charge < -0.3 is 9.47 Å². The normalized spacial score (nSPS) is 12.8. The third-order valence-electron chi connectivity index (χ3n) is 14.8. The average Bonchev–Trinajstić information content (AvgIpc) is 4.04. The van der Waals surface area contributed by atoms with E-state index in [4.69, 9.17) is 4.98 Å². The average molecular weight is 912 g/mol. The first-order chi connectivity index (χ1) is 34.5. The first-order valence-corrected chi connectivity index (χ1v) is 24.9. The summed E-state index contributed by atoms with van der Waals surface area (Å²) in [4.78, 5) is 7.90. The smallest absolute Gasteiger partial charge is 0.0788 e. The molecule has 0 atom stereocenters. The maximum absolute atomic E-state index is 5.40. The molecule has 3 heterocycles. The fraction of sp³-hybridized carbons (Fsp3) is 0.0455. The van der Waals surface area contributed by atoms with Gasteiger partial charge in [0.1, 0.15) is 0 Å². The van der Waals surface area contributed by atoms with Crippen molar-refractivity contribution in [3.63, 3.8) is 0 Å². The van der Waals surface area contributed by atoms with Crippen LogP contribution in [-0.2, 0) is 5.41 Å². The highest BCUT2D eigenvalue weighted by Gasteiger charge is 2.36. The van der Waals surface area contributed by atoms with Crippen LogP contribution in [0.2, 0.25) is 0 Å². The molecular formula is C66H45N3S. The Balaban J connectivity index is 1.00. The zero-order chi connectivity index (χ0) is 46.5. The summed E-state index contributed by atoms with van der Waals surface area (Å²) in [5.74, 6) is 0. The van der Waals surface area contributed by atoms with Crippen molar-refractivity contribution >= 4 is 81.3 Å². The highest BCUT2D eigenvalue weighted by atomic mass is 32.1. The number of thiophene rings is 1. The molecule has 0 saturated heterocycles. The van der Waals surface area contributed by atoms with E-state index in [2.05, 4.69) is 260 Å². The highest BCUT2D eigenvalue weighted by molar-refractivity contribution is 7.26. The van der Waals surface area contributed by atoms with Gasteiger partial charge in [0.15, 0.2) is 0 Å². The van der Waals surface area contributed by atoms with Crippen molar-refractivity contribution in [2.45, 2.75) is 19.3 Å². The fourth-order valence-electron chi connectivity index (χ4n) is 11.4. The Kier molecular flexibility index (Phi) is 9.11. The maximum Gasteiger partial charge on any atom is 0.0788 e. The van der Waals surface area contributed by atoms with Gasteiger partial charge in [-0.05, 0) is 112 Å². The van der Waals surface area contributed by atoms with Crippen molar-refractivity contribution < 1.29 is 0 Å².